The second kappa shape index (κ2) is 13.4. The Balaban J connectivity index is 1.44. The fourth-order valence-corrected chi connectivity index (χ4v) is 6.45. The molecule has 0 bridgehead atoms. The van der Waals surface area contributed by atoms with Gasteiger partial charge < -0.3 is 20.3 Å². The highest BCUT2D eigenvalue weighted by atomic mass is 19.4. The minimum Gasteiger partial charge on any atom is -0.394 e. The summed E-state index contributed by atoms with van der Waals surface area (Å²) in [7, 11) is 1.77. The lowest BCUT2D eigenvalue weighted by molar-refractivity contribution is -0.138. The first-order chi connectivity index (χ1) is 23.7. The summed E-state index contributed by atoms with van der Waals surface area (Å²) in [5, 5.41) is 33.5. The van der Waals surface area contributed by atoms with Crippen molar-refractivity contribution in [1.29, 1.82) is 5.26 Å². The summed E-state index contributed by atoms with van der Waals surface area (Å²) in [6.07, 6.45) is -0.0566. The van der Waals surface area contributed by atoms with Gasteiger partial charge in [0.25, 0.3) is 5.91 Å². The summed E-state index contributed by atoms with van der Waals surface area (Å²) in [5.41, 5.74) is -1.01. The van der Waals surface area contributed by atoms with Crippen LogP contribution in [0.5, 0.6) is 0 Å². The summed E-state index contributed by atoms with van der Waals surface area (Å²) < 4.78 is 60.5. The van der Waals surface area contributed by atoms with Crippen molar-refractivity contribution in [3.8, 4) is 28.6 Å². The van der Waals surface area contributed by atoms with E-state index in [0.717, 1.165) is 12.5 Å². The molecule has 0 radical (unpaired) electrons. The first-order valence-electron chi connectivity index (χ1n) is 16.4. The van der Waals surface area contributed by atoms with Crippen LogP contribution in [-0.4, -0.2) is 49.5 Å². The van der Waals surface area contributed by atoms with Crippen molar-refractivity contribution >= 4 is 17.5 Å². The Morgan fingerprint density at radius 2 is 1.84 bits per heavy atom. The van der Waals surface area contributed by atoms with E-state index >= 15 is 4.39 Å². The van der Waals surface area contributed by atoms with Crippen molar-refractivity contribution in [2.45, 2.75) is 76.4 Å². The van der Waals surface area contributed by atoms with Crippen LogP contribution in [-0.2, 0) is 32.0 Å². The fourth-order valence-electron chi connectivity index (χ4n) is 6.45. The molecule has 0 atom stereocenters. The zero-order valence-corrected chi connectivity index (χ0v) is 28.0. The number of anilines is 2. The number of carbonyl (C=O) groups excluding carboxylic acids is 1. The Labute approximate surface area is 287 Å². The normalized spacial score (nSPS) is 15.5. The Hall–Kier alpha value is -4.87. The van der Waals surface area contributed by atoms with Crippen molar-refractivity contribution < 1.29 is 27.5 Å². The van der Waals surface area contributed by atoms with E-state index in [4.69, 9.17) is 5.26 Å². The molecule has 4 aromatic rings. The number of benzene rings is 2. The van der Waals surface area contributed by atoms with Crippen LogP contribution in [0.25, 0.3) is 22.5 Å². The lowest BCUT2D eigenvalue weighted by atomic mass is 9.77. The van der Waals surface area contributed by atoms with Gasteiger partial charge >= 0.3 is 6.18 Å². The molecule has 1 aliphatic carbocycles. The third kappa shape index (κ3) is 6.93. The predicted molar refractivity (Wildman–Crippen MR) is 180 cm³/mol. The van der Waals surface area contributed by atoms with Gasteiger partial charge in [0.1, 0.15) is 23.6 Å². The van der Waals surface area contributed by atoms with Crippen molar-refractivity contribution in [2.75, 3.05) is 23.4 Å². The molecule has 14 heteroatoms. The SMILES string of the molecule is Cn1cnnc1-c1ccc(C(C)(C)F)cc1-c1cc(NCCCC#N)nc(N2Cc3c(cc(CNC4(CO)CCC4)cc3C(F)(F)F)C2=O)c1. The molecule has 3 N–H and O–H groups in total. The molecule has 0 spiro atoms. The van der Waals surface area contributed by atoms with Crippen LogP contribution in [0.15, 0.2) is 48.8 Å². The Morgan fingerprint density at radius 3 is 2.46 bits per heavy atom. The number of aromatic nitrogens is 4. The number of halogens is 4. The molecule has 50 heavy (non-hydrogen) atoms. The van der Waals surface area contributed by atoms with Crippen LogP contribution >= 0.6 is 0 Å². The van der Waals surface area contributed by atoms with Crippen LogP contribution < -0.4 is 15.5 Å². The van der Waals surface area contributed by atoms with Gasteiger partial charge in [-0.1, -0.05) is 12.1 Å². The van der Waals surface area contributed by atoms with Crippen molar-refractivity contribution in [1.82, 2.24) is 25.1 Å². The Bertz CT molecular complexity index is 1950. The lowest BCUT2D eigenvalue weighted by Crippen LogP contribution is -2.53. The number of hydrogen-bond acceptors (Lipinski definition) is 8. The zero-order valence-electron chi connectivity index (χ0n) is 28.0. The molecule has 0 saturated heterocycles. The topological polar surface area (TPSA) is 132 Å². The molecule has 0 unspecified atom stereocenters. The number of nitrogens with one attached hydrogen (secondary N) is 2. The van der Waals surface area contributed by atoms with Crippen molar-refractivity contribution in [3.05, 3.63) is 76.6 Å². The molecule has 1 saturated carbocycles. The standard InChI is InChI=1S/C36H38F4N8O2/c1-34(2,37)24-7-8-25(32-46-44-21-47(32)3)26(17-24)23-15-30(42-12-5-4-11-41)45-31(16-23)48-19-28-27(33(48)50)13-22(14-29(28)36(38,39)40)18-43-35(20-49)9-6-10-35/h7-8,13-17,21,43,49H,4-6,9-10,12,18-20H2,1-3H3,(H,42,45). The predicted octanol–water partition coefficient (Wildman–Crippen LogP) is 6.65. The molecule has 3 heterocycles. The van der Waals surface area contributed by atoms with E-state index in [1.165, 1.54) is 31.1 Å². The number of aliphatic hydroxyl groups is 1. The smallest absolute Gasteiger partial charge is 0.394 e. The number of hydrogen-bond donors (Lipinski definition) is 3. The van der Waals surface area contributed by atoms with E-state index in [0.29, 0.717) is 66.1 Å². The molecule has 2 aromatic heterocycles. The molecule has 1 amide bonds. The number of rotatable bonds is 12. The van der Waals surface area contributed by atoms with Gasteiger partial charge in [0.15, 0.2) is 5.82 Å². The average molecular weight is 691 g/mol. The van der Waals surface area contributed by atoms with Gasteiger partial charge in [-0.2, -0.15) is 18.4 Å². The fraction of sp³-hybridized carbons (Fsp3) is 0.417. The van der Waals surface area contributed by atoms with Gasteiger partial charge in [-0.15, -0.1) is 10.2 Å². The van der Waals surface area contributed by atoms with Crippen LogP contribution in [0.1, 0.15) is 78.6 Å². The second-order valence-electron chi connectivity index (χ2n) is 13.5. The molecule has 6 rings (SSSR count). The van der Waals surface area contributed by atoms with Crippen LogP contribution in [0.3, 0.4) is 0 Å². The molecule has 2 aliphatic rings. The first kappa shape index (κ1) is 35.0. The molecule has 262 valence electrons. The van der Waals surface area contributed by atoms with Gasteiger partial charge in [0.2, 0.25) is 0 Å². The number of pyridine rings is 1. The van der Waals surface area contributed by atoms with E-state index in [2.05, 4.69) is 31.9 Å². The second-order valence-corrected chi connectivity index (χ2v) is 13.5. The van der Waals surface area contributed by atoms with Crippen LogP contribution in [0.4, 0.5) is 29.2 Å². The summed E-state index contributed by atoms with van der Waals surface area (Å²) >= 11 is 0. The van der Waals surface area contributed by atoms with Gasteiger partial charge in [-0.25, -0.2) is 9.37 Å². The quantitative estimate of drug-likeness (QED) is 0.111. The summed E-state index contributed by atoms with van der Waals surface area (Å²) in [6.45, 7) is 2.81. The van der Waals surface area contributed by atoms with Crippen molar-refractivity contribution in [2.24, 2.45) is 7.05 Å². The Morgan fingerprint density at radius 1 is 1.06 bits per heavy atom. The summed E-state index contributed by atoms with van der Waals surface area (Å²) in [4.78, 5) is 19.9. The third-order valence-electron chi connectivity index (χ3n) is 9.52. The number of carbonyl (C=O) groups is 1. The monoisotopic (exact) mass is 690 g/mol. The van der Waals surface area contributed by atoms with E-state index in [1.54, 1.807) is 41.9 Å². The molecule has 1 fully saturated rings. The number of amides is 1. The van der Waals surface area contributed by atoms with E-state index in [-0.39, 0.29) is 42.2 Å². The number of nitriles is 1. The van der Waals surface area contributed by atoms with E-state index < -0.39 is 28.9 Å². The largest absolute Gasteiger partial charge is 0.416 e. The summed E-state index contributed by atoms with van der Waals surface area (Å²) in [6, 6.07) is 13.0. The van der Waals surface area contributed by atoms with Gasteiger partial charge in [-0.05, 0) is 97.7 Å². The highest BCUT2D eigenvalue weighted by Crippen LogP contribution is 2.42. The van der Waals surface area contributed by atoms with Gasteiger partial charge in [0.05, 0.1) is 24.8 Å². The van der Waals surface area contributed by atoms with Gasteiger partial charge in [-0.3, -0.25) is 9.69 Å². The maximum Gasteiger partial charge on any atom is 0.416 e. The van der Waals surface area contributed by atoms with E-state index in [1.807, 2.05) is 0 Å². The van der Waals surface area contributed by atoms with Crippen LogP contribution in [0, 0.1) is 11.3 Å². The third-order valence-corrected chi connectivity index (χ3v) is 9.52. The minimum absolute atomic E-state index is 0.0563. The average Bonchev–Trinajstić information content (AvgIpc) is 3.63. The highest BCUT2D eigenvalue weighted by molar-refractivity contribution is 6.10. The van der Waals surface area contributed by atoms with Crippen molar-refractivity contribution in [3.63, 3.8) is 0 Å². The summed E-state index contributed by atoms with van der Waals surface area (Å²) in [5.74, 6) is 0.279. The first-order valence-corrected chi connectivity index (χ1v) is 16.4. The zero-order chi connectivity index (χ0) is 35.8. The maximum atomic E-state index is 15.3. The van der Waals surface area contributed by atoms with Gasteiger partial charge in [0, 0.05) is 43.2 Å². The number of aliphatic hydroxyl groups excluding tert-OH is 1. The molecule has 2 aromatic carbocycles. The molecule has 1 aliphatic heterocycles. The van der Waals surface area contributed by atoms with Crippen LogP contribution in [0.2, 0.25) is 0 Å². The number of alkyl halides is 4. The molecular weight excluding hydrogens is 652 g/mol. The number of nitrogens with zero attached hydrogens (tertiary/aromatic N) is 6. The van der Waals surface area contributed by atoms with E-state index in [9.17, 15) is 23.1 Å². The maximum absolute atomic E-state index is 15.3. The molecular formula is C36H38F4N8O2. The number of aryl methyl sites for hydroxylation is 1. The lowest BCUT2D eigenvalue weighted by Gasteiger charge is -2.41. The minimum atomic E-state index is -4.73. The molecule has 10 nitrogen and oxygen atoms in total. The number of unbranched alkanes of at least 4 members (excludes halogenated alkanes) is 1. The number of fused-ring (bicyclic) bond motifs is 1. The Kier molecular flexibility index (Phi) is 9.41. The highest BCUT2D eigenvalue weighted by Gasteiger charge is 2.42.